The Balaban J connectivity index is 2.11. The molecule has 1 unspecified atom stereocenters. The van der Waals surface area contributed by atoms with E-state index in [1.54, 1.807) is 24.3 Å². The van der Waals surface area contributed by atoms with Crippen molar-refractivity contribution >= 4 is 8.25 Å². The van der Waals surface area contributed by atoms with E-state index >= 15 is 0 Å². The van der Waals surface area contributed by atoms with Crippen molar-refractivity contribution in [3.63, 3.8) is 0 Å². The van der Waals surface area contributed by atoms with Gasteiger partial charge in [-0.1, -0.05) is 18.2 Å². The molecule has 1 N–H and O–H groups in total. The highest BCUT2D eigenvalue weighted by atomic mass is 31.1. The van der Waals surface area contributed by atoms with Crippen LogP contribution in [-0.2, 0) is 13.8 Å². The smallest absolute Gasteiger partial charge is 0.396 e. The fourth-order valence-electron chi connectivity index (χ4n) is 0.924. The topological polar surface area (TPSA) is 65.0 Å². The van der Waals surface area contributed by atoms with Crippen LogP contribution in [-0.4, -0.2) is 18.3 Å². The molecule has 0 aliphatic carbocycles. The van der Waals surface area contributed by atoms with E-state index in [4.69, 9.17) is 14.5 Å². The lowest BCUT2D eigenvalue weighted by Gasteiger charge is -1.94. The van der Waals surface area contributed by atoms with E-state index in [0.717, 1.165) is 0 Å². The van der Waals surface area contributed by atoms with Gasteiger partial charge in [-0.25, -0.2) is 0 Å². The van der Waals surface area contributed by atoms with Crippen molar-refractivity contribution < 1.29 is 23.8 Å². The first-order chi connectivity index (χ1) is 7.83. The third-order valence-electron chi connectivity index (χ3n) is 1.69. The summed E-state index contributed by atoms with van der Waals surface area (Å²) in [5.41, 5.74) is 0. The predicted octanol–water partition coefficient (Wildman–Crippen LogP) is 2.44. The van der Waals surface area contributed by atoms with Crippen LogP contribution in [0.4, 0.5) is 0 Å². The molecule has 0 amide bonds. The first kappa shape index (κ1) is 13.1. The molecule has 1 atom stereocenters. The van der Waals surface area contributed by atoms with E-state index < -0.39 is 8.25 Å². The zero-order valence-electron chi connectivity index (χ0n) is 8.74. The molecule has 1 aromatic rings. The first-order valence-corrected chi connectivity index (χ1v) is 6.03. The molecule has 16 heavy (non-hydrogen) atoms. The minimum atomic E-state index is -2.27. The average molecular weight is 245 g/mol. The molecule has 0 spiro atoms. The van der Waals surface area contributed by atoms with Gasteiger partial charge in [0, 0.05) is 11.2 Å². The quantitative estimate of drug-likeness (QED) is 0.330. The van der Waals surface area contributed by atoms with Crippen molar-refractivity contribution in [2.45, 2.75) is 12.8 Å². The highest BCUT2D eigenvalue weighted by molar-refractivity contribution is 7.33. The number of para-hydroxylation sites is 1. The average Bonchev–Trinajstić information content (AvgIpc) is 2.33. The number of rotatable bonds is 8. The highest BCUT2D eigenvalue weighted by Crippen LogP contribution is 2.25. The molecular formula is C10H14O5P+. The van der Waals surface area contributed by atoms with Crippen LogP contribution in [0.15, 0.2) is 30.3 Å². The van der Waals surface area contributed by atoms with E-state index in [-0.39, 0.29) is 13.2 Å². The van der Waals surface area contributed by atoms with Crippen LogP contribution < -0.4 is 4.89 Å². The molecule has 0 bridgehead atoms. The van der Waals surface area contributed by atoms with Gasteiger partial charge in [0.1, 0.15) is 11.3 Å². The predicted molar refractivity (Wildman–Crippen MR) is 58.0 cm³/mol. The number of aliphatic hydroxyl groups is 1. The van der Waals surface area contributed by atoms with E-state index in [2.05, 4.69) is 4.67 Å². The zero-order valence-corrected chi connectivity index (χ0v) is 9.64. The lowest BCUT2D eigenvalue weighted by molar-refractivity contribution is -0.105. The Kier molecular flexibility index (Phi) is 6.69. The number of aliphatic hydroxyl groups excluding tert-OH is 1. The Morgan fingerprint density at radius 1 is 1.19 bits per heavy atom. The van der Waals surface area contributed by atoms with Gasteiger partial charge < -0.3 is 5.11 Å². The molecule has 6 heteroatoms. The summed E-state index contributed by atoms with van der Waals surface area (Å²) in [6.45, 7) is 0.370. The number of unbranched alkanes of at least 4 members (excludes halogenated alkanes) is 1. The van der Waals surface area contributed by atoms with Gasteiger partial charge in [0.15, 0.2) is 5.75 Å². The van der Waals surface area contributed by atoms with Gasteiger partial charge in [0.25, 0.3) is 0 Å². The standard InChI is InChI=1S/C10H14O5P/c11-8-4-5-9-13-16(12)15-14-10-6-2-1-3-7-10/h1-3,6-7,11H,4-5,8-9H2/q+1. The Morgan fingerprint density at radius 2 is 1.94 bits per heavy atom. The number of hydrogen-bond donors (Lipinski definition) is 1. The van der Waals surface area contributed by atoms with Gasteiger partial charge in [0.05, 0.1) is 0 Å². The van der Waals surface area contributed by atoms with E-state index in [1.165, 1.54) is 0 Å². The van der Waals surface area contributed by atoms with Crippen LogP contribution in [0.3, 0.4) is 0 Å². The number of benzene rings is 1. The van der Waals surface area contributed by atoms with Gasteiger partial charge in [0.2, 0.25) is 0 Å². The van der Waals surface area contributed by atoms with Gasteiger partial charge in [-0.2, -0.15) is 0 Å². The van der Waals surface area contributed by atoms with Crippen molar-refractivity contribution in [1.82, 2.24) is 0 Å². The lowest BCUT2D eigenvalue weighted by Crippen LogP contribution is -1.94. The minimum absolute atomic E-state index is 0.0987. The molecule has 88 valence electrons. The van der Waals surface area contributed by atoms with Gasteiger partial charge in [-0.15, -0.1) is 4.52 Å². The molecule has 0 radical (unpaired) electrons. The third-order valence-corrected chi connectivity index (χ3v) is 2.28. The molecular weight excluding hydrogens is 231 g/mol. The van der Waals surface area contributed by atoms with Gasteiger partial charge in [-0.3, -0.25) is 4.89 Å². The van der Waals surface area contributed by atoms with Crippen LogP contribution in [0.2, 0.25) is 0 Å². The Labute approximate surface area is 94.8 Å². The fourth-order valence-corrected chi connectivity index (χ4v) is 1.39. The van der Waals surface area contributed by atoms with Crippen LogP contribution in [0.5, 0.6) is 5.75 Å². The maximum Gasteiger partial charge on any atom is 0.738 e. The van der Waals surface area contributed by atoms with E-state index in [9.17, 15) is 4.57 Å². The van der Waals surface area contributed by atoms with E-state index in [1.807, 2.05) is 6.07 Å². The van der Waals surface area contributed by atoms with Crippen LogP contribution in [0, 0.1) is 0 Å². The summed E-state index contributed by atoms with van der Waals surface area (Å²) < 4.78 is 20.4. The summed E-state index contributed by atoms with van der Waals surface area (Å²) in [4.78, 5) is 4.77. The molecule has 0 saturated heterocycles. The Hall–Kier alpha value is -1.00. The molecule has 0 aromatic heterocycles. The fraction of sp³-hybridized carbons (Fsp3) is 0.400. The summed E-state index contributed by atoms with van der Waals surface area (Å²) in [6.07, 6.45) is 1.25. The normalized spacial score (nSPS) is 11.2. The Bertz CT molecular complexity index is 303. The van der Waals surface area contributed by atoms with Crippen LogP contribution in [0.25, 0.3) is 0 Å². The van der Waals surface area contributed by atoms with Gasteiger partial charge in [-0.05, 0) is 25.0 Å². The van der Waals surface area contributed by atoms with Crippen molar-refractivity contribution in [2.75, 3.05) is 13.2 Å². The summed E-state index contributed by atoms with van der Waals surface area (Å²) >= 11 is 0. The molecule has 0 saturated carbocycles. The maximum absolute atomic E-state index is 11.1. The van der Waals surface area contributed by atoms with Crippen molar-refractivity contribution in [1.29, 1.82) is 0 Å². The molecule has 0 aliphatic heterocycles. The second kappa shape index (κ2) is 8.19. The largest absolute Gasteiger partial charge is 0.738 e. The van der Waals surface area contributed by atoms with Crippen molar-refractivity contribution in [2.24, 2.45) is 0 Å². The van der Waals surface area contributed by atoms with Crippen LogP contribution >= 0.6 is 8.25 Å². The molecule has 1 rings (SSSR count). The summed E-state index contributed by atoms with van der Waals surface area (Å²) in [5, 5.41) is 8.50. The van der Waals surface area contributed by atoms with Crippen molar-refractivity contribution in [3.8, 4) is 5.75 Å². The maximum atomic E-state index is 11.1. The van der Waals surface area contributed by atoms with Crippen LogP contribution in [0.1, 0.15) is 12.8 Å². The second-order valence-corrected chi connectivity index (χ2v) is 3.81. The zero-order chi connectivity index (χ0) is 11.6. The summed E-state index contributed by atoms with van der Waals surface area (Å²) in [7, 11) is -2.27. The van der Waals surface area contributed by atoms with Gasteiger partial charge >= 0.3 is 8.25 Å². The summed E-state index contributed by atoms with van der Waals surface area (Å²) in [6, 6.07) is 8.73. The lowest BCUT2D eigenvalue weighted by atomic mass is 10.3. The highest BCUT2D eigenvalue weighted by Gasteiger charge is 2.22. The first-order valence-electron chi connectivity index (χ1n) is 4.93. The SMILES string of the molecule is O=[P+](OCCCCO)OOc1ccccc1. The van der Waals surface area contributed by atoms with E-state index in [0.29, 0.717) is 18.6 Å². The third kappa shape index (κ3) is 5.78. The van der Waals surface area contributed by atoms with Crippen molar-refractivity contribution in [3.05, 3.63) is 30.3 Å². The summed E-state index contributed by atoms with van der Waals surface area (Å²) in [5.74, 6) is 0.463. The minimum Gasteiger partial charge on any atom is -0.396 e. The molecule has 1 aromatic carbocycles. The number of hydrogen-bond acceptors (Lipinski definition) is 5. The molecule has 0 heterocycles. The molecule has 5 nitrogen and oxygen atoms in total. The second-order valence-electron chi connectivity index (χ2n) is 2.96. The Morgan fingerprint density at radius 3 is 2.62 bits per heavy atom. The monoisotopic (exact) mass is 245 g/mol. The molecule has 0 fully saturated rings. The molecule has 0 aliphatic rings.